The minimum Gasteiger partial charge on any atom is -0.469 e. The highest BCUT2D eigenvalue weighted by Crippen LogP contribution is 2.37. The minimum absolute atomic E-state index is 0.0295. The van der Waals surface area contributed by atoms with E-state index in [0.29, 0.717) is 74.5 Å². The van der Waals surface area contributed by atoms with Crippen molar-refractivity contribution in [3.63, 3.8) is 0 Å². The van der Waals surface area contributed by atoms with Gasteiger partial charge in [-0.25, -0.2) is 0 Å². The number of ether oxygens (including phenoxy) is 4. The van der Waals surface area contributed by atoms with Gasteiger partial charge in [0.05, 0.1) is 28.4 Å². The van der Waals surface area contributed by atoms with Crippen molar-refractivity contribution < 1.29 is 57.3 Å². The maximum absolute atomic E-state index is 11.7. The van der Waals surface area contributed by atoms with E-state index in [-0.39, 0.29) is 71.2 Å². The number of hydrogen-bond acceptors (Lipinski definition) is 12. The molecule has 0 amide bonds. The summed E-state index contributed by atoms with van der Waals surface area (Å²) >= 11 is 0. The third-order valence-corrected chi connectivity index (χ3v) is 12.8. The number of carbonyl (C=O) groups is 8. The first-order valence-electron chi connectivity index (χ1n) is 23.7. The van der Waals surface area contributed by atoms with Crippen LogP contribution in [0.4, 0.5) is 0 Å². The molecule has 4 aliphatic carbocycles. The van der Waals surface area contributed by atoms with Gasteiger partial charge in [0, 0.05) is 75.0 Å². The Morgan fingerprint density at radius 3 is 0.719 bits per heavy atom. The fourth-order valence-electron chi connectivity index (χ4n) is 9.01. The molecule has 4 fully saturated rings. The molecular weight excluding hydrogens is 817 g/mol. The molecule has 4 saturated carbocycles. The summed E-state index contributed by atoms with van der Waals surface area (Å²) in [7, 11) is 5.58. The second kappa shape index (κ2) is 33.9. The molecule has 0 aromatic rings. The molecule has 8 atom stereocenters. The molecule has 64 heavy (non-hydrogen) atoms. The predicted molar refractivity (Wildman–Crippen MR) is 248 cm³/mol. The Morgan fingerprint density at radius 2 is 0.562 bits per heavy atom. The number of methoxy groups -OCH3 is 4. The molecule has 4 aliphatic rings. The van der Waals surface area contributed by atoms with Crippen molar-refractivity contribution in [1.82, 2.24) is 0 Å². The molecule has 0 radical (unpaired) electrons. The SMILES string of the molecule is CC/C=C/CC1C(=O)CC[C@H]1CC(=O)OC.CC/C=C/C[C@H]1C(=O)CC[C@H]1CC(=O)OC.CC/C=C\CC1C(=O)CC[C@H]1CC(=O)OC.CC/C=C\C[C@H]1C(=O)CC[C@H]1CC(=O)OC. The summed E-state index contributed by atoms with van der Waals surface area (Å²) in [5.74, 6) is 1.23. The van der Waals surface area contributed by atoms with E-state index < -0.39 is 0 Å². The van der Waals surface area contributed by atoms with Crippen LogP contribution in [0.3, 0.4) is 0 Å². The van der Waals surface area contributed by atoms with Crippen molar-refractivity contribution in [3.05, 3.63) is 48.6 Å². The highest BCUT2D eigenvalue weighted by atomic mass is 16.5. The lowest BCUT2D eigenvalue weighted by molar-refractivity contribution is -0.143. The lowest BCUT2D eigenvalue weighted by Crippen LogP contribution is -2.18. The van der Waals surface area contributed by atoms with Crippen LogP contribution >= 0.6 is 0 Å². The van der Waals surface area contributed by atoms with E-state index in [4.69, 9.17) is 0 Å². The maximum Gasteiger partial charge on any atom is 0.305 e. The van der Waals surface area contributed by atoms with Crippen LogP contribution in [-0.4, -0.2) is 75.4 Å². The summed E-state index contributed by atoms with van der Waals surface area (Å²) < 4.78 is 18.6. The molecular formula is C52H80O12. The van der Waals surface area contributed by atoms with Gasteiger partial charge < -0.3 is 18.9 Å². The van der Waals surface area contributed by atoms with Gasteiger partial charge in [0.1, 0.15) is 23.1 Å². The van der Waals surface area contributed by atoms with Gasteiger partial charge in [0.2, 0.25) is 0 Å². The van der Waals surface area contributed by atoms with E-state index in [1.54, 1.807) is 0 Å². The summed E-state index contributed by atoms with van der Waals surface area (Å²) in [5, 5.41) is 0. The van der Waals surface area contributed by atoms with Gasteiger partial charge >= 0.3 is 23.9 Å². The van der Waals surface area contributed by atoms with Crippen LogP contribution in [0.15, 0.2) is 48.6 Å². The molecule has 12 heteroatoms. The monoisotopic (exact) mass is 897 g/mol. The zero-order chi connectivity index (χ0) is 47.9. The highest BCUT2D eigenvalue weighted by Gasteiger charge is 2.37. The predicted octanol–water partition coefficient (Wildman–Crippen LogP) is 10.0. The first kappa shape index (κ1) is 57.5. The van der Waals surface area contributed by atoms with Crippen molar-refractivity contribution in [3.8, 4) is 0 Å². The highest BCUT2D eigenvalue weighted by molar-refractivity contribution is 5.86. The maximum atomic E-state index is 11.7. The largest absolute Gasteiger partial charge is 0.469 e. The first-order valence-corrected chi connectivity index (χ1v) is 23.7. The molecule has 0 aromatic heterocycles. The van der Waals surface area contributed by atoms with Crippen LogP contribution in [0.2, 0.25) is 0 Å². The van der Waals surface area contributed by atoms with E-state index in [0.717, 1.165) is 77.0 Å². The molecule has 0 aromatic carbocycles. The van der Waals surface area contributed by atoms with Gasteiger partial charge in [-0.1, -0.05) is 76.3 Å². The van der Waals surface area contributed by atoms with Crippen molar-refractivity contribution >= 4 is 47.0 Å². The molecule has 0 spiro atoms. The summed E-state index contributed by atoms with van der Waals surface area (Å²) in [6, 6.07) is 0. The average molecular weight is 897 g/mol. The third kappa shape index (κ3) is 21.9. The lowest BCUT2D eigenvalue weighted by Gasteiger charge is -2.15. The van der Waals surface area contributed by atoms with Crippen molar-refractivity contribution in [1.29, 1.82) is 0 Å². The average Bonchev–Trinajstić information content (AvgIpc) is 4.04. The second-order valence-electron chi connectivity index (χ2n) is 17.1. The Balaban J connectivity index is 0.000000427. The number of Topliss-reactive ketones (excluding diaryl/α,β-unsaturated/α-hetero) is 4. The molecule has 0 bridgehead atoms. The molecule has 12 nitrogen and oxygen atoms in total. The van der Waals surface area contributed by atoms with E-state index in [1.165, 1.54) is 28.4 Å². The van der Waals surface area contributed by atoms with Gasteiger partial charge in [-0.3, -0.25) is 38.4 Å². The lowest BCUT2D eigenvalue weighted by atomic mass is 9.89. The molecule has 360 valence electrons. The number of rotatable bonds is 20. The molecule has 4 rings (SSSR count). The van der Waals surface area contributed by atoms with Crippen LogP contribution in [0.1, 0.15) is 156 Å². The quantitative estimate of drug-likeness (QED) is 0.0644. The van der Waals surface area contributed by atoms with Gasteiger partial charge in [-0.2, -0.15) is 0 Å². The van der Waals surface area contributed by atoms with Gasteiger partial charge in [0.15, 0.2) is 0 Å². The summed E-state index contributed by atoms with van der Waals surface area (Å²) in [6.07, 6.45) is 30.9. The first-order chi connectivity index (χ1) is 30.7. The number of allylic oxidation sites excluding steroid dienone is 8. The topological polar surface area (TPSA) is 173 Å². The standard InChI is InChI=1S/4C13H20O3/c4*1-3-4-5-6-11-10(7-8-12(11)14)9-13(15)16-2/h4*4-5,10-11H,3,6-9H2,1-2H3/b2*5-4+;2*5-4-/t10-,11?;10-,11+;10-,11?;10-,11+/m0000/s1. The molecule has 0 aliphatic heterocycles. The normalized spacial score (nSPS) is 25.2. The van der Waals surface area contributed by atoms with Gasteiger partial charge in [0.25, 0.3) is 0 Å². The second-order valence-corrected chi connectivity index (χ2v) is 17.1. The van der Waals surface area contributed by atoms with Crippen LogP contribution in [0.25, 0.3) is 0 Å². The molecule has 0 saturated heterocycles. The van der Waals surface area contributed by atoms with Gasteiger partial charge in [-0.15, -0.1) is 0 Å². The molecule has 0 N–H and O–H groups in total. The molecule has 0 heterocycles. The van der Waals surface area contributed by atoms with E-state index in [9.17, 15) is 38.4 Å². The Bertz CT molecular complexity index is 1360. The fraction of sp³-hybridized carbons (Fsp3) is 0.692. The Hall–Kier alpha value is -4.48. The number of carbonyl (C=O) groups excluding carboxylic acids is 8. The Morgan fingerprint density at radius 1 is 0.375 bits per heavy atom. The van der Waals surface area contributed by atoms with Gasteiger partial charge in [-0.05, 0) is 101 Å². The van der Waals surface area contributed by atoms with Crippen LogP contribution < -0.4 is 0 Å². The summed E-state index contributed by atoms with van der Waals surface area (Å²) in [6.45, 7) is 8.27. The zero-order valence-electron chi connectivity index (χ0n) is 40.3. The van der Waals surface area contributed by atoms with Crippen molar-refractivity contribution in [2.45, 2.75) is 156 Å². The van der Waals surface area contributed by atoms with E-state index in [1.807, 2.05) is 0 Å². The molecule has 2 unspecified atom stereocenters. The van der Waals surface area contributed by atoms with Crippen molar-refractivity contribution in [2.75, 3.05) is 28.4 Å². The van der Waals surface area contributed by atoms with E-state index in [2.05, 4.69) is 95.3 Å². The smallest absolute Gasteiger partial charge is 0.305 e. The zero-order valence-corrected chi connectivity index (χ0v) is 40.3. The van der Waals surface area contributed by atoms with Crippen LogP contribution in [0.5, 0.6) is 0 Å². The van der Waals surface area contributed by atoms with Crippen LogP contribution in [-0.2, 0) is 57.3 Å². The van der Waals surface area contributed by atoms with E-state index >= 15 is 0 Å². The fourth-order valence-corrected chi connectivity index (χ4v) is 9.01. The summed E-state index contributed by atoms with van der Waals surface area (Å²) in [4.78, 5) is 91.4. The summed E-state index contributed by atoms with van der Waals surface area (Å²) in [5.41, 5.74) is 0. The third-order valence-electron chi connectivity index (χ3n) is 12.8. The number of esters is 4. The van der Waals surface area contributed by atoms with Crippen LogP contribution in [0, 0.1) is 47.3 Å². The Labute approximate surface area is 383 Å². The number of hydrogen-bond donors (Lipinski definition) is 0. The minimum atomic E-state index is -0.204. The Kier molecular flexibility index (Phi) is 30.5. The number of ketones is 4. The van der Waals surface area contributed by atoms with Crippen molar-refractivity contribution in [2.24, 2.45) is 47.3 Å².